The summed E-state index contributed by atoms with van der Waals surface area (Å²) in [4.78, 5) is 26.9. The van der Waals surface area contributed by atoms with Gasteiger partial charge in [-0.1, -0.05) is 47.7 Å². The van der Waals surface area contributed by atoms with Crippen molar-refractivity contribution in [3.63, 3.8) is 0 Å². The molecule has 1 fully saturated rings. The fourth-order valence-electron chi connectivity index (χ4n) is 3.01. The Morgan fingerprint density at radius 1 is 1.28 bits per heavy atom. The zero-order valence-electron chi connectivity index (χ0n) is 15.6. The van der Waals surface area contributed by atoms with Crippen LogP contribution in [-0.4, -0.2) is 29.5 Å². The van der Waals surface area contributed by atoms with Crippen molar-refractivity contribution in [1.29, 1.82) is 0 Å². The number of nitrogens with one attached hydrogen (secondary N) is 1. The van der Waals surface area contributed by atoms with Crippen molar-refractivity contribution in [3.05, 3.63) is 58.5 Å². The van der Waals surface area contributed by atoms with E-state index >= 15 is 0 Å². The Labute approximate surface area is 177 Å². The molecule has 0 spiro atoms. The molecular weight excluding hydrogens is 408 g/mol. The van der Waals surface area contributed by atoms with Crippen LogP contribution in [0.2, 0.25) is 0 Å². The highest BCUT2D eigenvalue weighted by Gasteiger charge is 2.26. The number of thiocarbonyl (C=S) groups is 1. The van der Waals surface area contributed by atoms with Crippen LogP contribution in [0.1, 0.15) is 17.5 Å². The molecular formula is C21H18N2O4S2. The Balaban J connectivity index is 1.63. The molecule has 8 heteroatoms. The van der Waals surface area contributed by atoms with Gasteiger partial charge in [0.1, 0.15) is 15.8 Å². The summed E-state index contributed by atoms with van der Waals surface area (Å²) in [5.41, 5.74) is 2.47. The summed E-state index contributed by atoms with van der Waals surface area (Å²) in [6.07, 6.45) is 1.95. The topological polar surface area (TPSA) is 67.9 Å². The van der Waals surface area contributed by atoms with Gasteiger partial charge in [0.05, 0.1) is 17.2 Å². The van der Waals surface area contributed by atoms with E-state index in [4.69, 9.17) is 21.7 Å². The normalized spacial score (nSPS) is 17.4. The smallest absolute Gasteiger partial charge is 0.419 e. The number of rotatable bonds is 2. The van der Waals surface area contributed by atoms with E-state index in [2.05, 4.69) is 5.32 Å². The van der Waals surface area contributed by atoms with Crippen LogP contribution in [0.15, 0.2) is 47.4 Å². The molecule has 2 aliphatic rings. The van der Waals surface area contributed by atoms with Gasteiger partial charge in [0, 0.05) is 6.54 Å². The molecule has 2 aliphatic heterocycles. The highest BCUT2D eigenvalue weighted by atomic mass is 32.2. The molecule has 29 heavy (non-hydrogen) atoms. The van der Waals surface area contributed by atoms with Crippen LogP contribution in [0, 0.1) is 6.92 Å². The Kier molecular flexibility index (Phi) is 5.55. The third-order valence-corrected chi connectivity index (χ3v) is 5.61. The predicted molar refractivity (Wildman–Crippen MR) is 117 cm³/mol. The largest absolute Gasteiger partial charge is 0.491 e. The van der Waals surface area contributed by atoms with Gasteiger partial charge >= 0.3 is 6.09 Å². The van der Waals surface area contributed by atoms with Crippen LogP contribution in [0.3, 0.4) is 0 Å². The number of thioether (sulfide) groups is 1. The average molecular weight is 427 g/mol. The van der Waals surface area contributed by atoms with Crippen molar-refractivity contribution >= 4 is 52.1 Å². The van der Waals surface area contributed by atoms with Gasteiger partial charge in [0.15, 0.2) is 0 Å². The number of nitrogens with zero attached hydrogens (tertiary/aromatic N) is 1. The lowest BCUT2D eigenvalue weighted by atomic mass is 10.1. The molecule has 0 aliphatic carbocycles. The van der Waals surface area contributed by atoms with E-state index in [0.29, 0.717) is 46.0 Å². The second kappa shape index (κ2) is 8.26. The van der Waals surface area contributed by atoms with Crippen molar-refractivity contribution in [3.8, 4) is 11.5 Å². The van der Waals surface area contributed by atoms with Crippen LogP contribution in [0.25, 0.3) is 6.08 Å². The Bertz CT molecular complexity index is 1020. The summed E-state index contributed by atoms with van der Waals surface area (Å²) in [6.45, 7) is 2.95. The van der Waals surface area contributed by atoms with Crippen molar-refractivity contribution in [2.45, 2.75) is 13.3 Å². The summed E-state index contributed by atoms with van der Waals surface area (Å²) >= 11 is 6.24. The van der Waals surface area contributed by atoms with Gasteiger partial charge in [-0.15, -0.1) is 0 Å². The van der Waals surface area contributed by atoms with E-state index in [1.807, 2.05) is 31.2 Å². The lowest BCUT2D eigenvalue weighted by Crippen LogP contribution is -2.34. The van der Waals surface area contributed by atoms with Gasteiger partial charge in [-0.2, -0.15) is 0 Å². The Morgan fingerprint density at radius 2 is 2.07 bits per heavy atom. The molecule has 4 rings (SSSR count). The summed E-state index contributed by atoms with van der Waals surface area (Å²) in [6, 6.07) is 12.8. The number of ether oxygens (including phenoxy) is 2. The number of amides is 2. The van der Waals surface area contributed by atoms with Crippen molar-refractivity contribution in [2.24, 2.45) is 0 Å². The molecule has 0 saturated carbocycles. The molecule has 0 atom stereocenters. The van der Waals surface area contributed by atoms with Gasteiger partial charge in [0.25, 0.3) is 5.91 Å². The van der Waals surface area contributed by atoms with Gasteiger partial charge in [0.2, 0.25) is 0 Å². The standard InChI is InChI=1S/C21H18N2O4S2/c1-13-3-6-15(7-4-13)27-21(25)23-9-2-10-26-17-8-5-14(11-16(17)23)12-18-19(24)22-20(28)29-18/h3-8,11-12H,2,9-10H2,1H3,(H,22,24,28)/b18-12+. The summed E-state index contributed by atoms with van der Waals surface area (Å²) in [5, 5.41) is 2.60. The molecule has 148 valence electrons. The molecule has 0 aromatic heterocycles. The van der Waals surface area contributed by atoms with E-state index in [-0.39, 0.29) is 5.91 Å². The van der Waals surface area contributed by atoms with Crippen molar-refractivity contribution < 1.29 is 19.1 Å². The minimum atomic E-state index is -0.473. The van der Waals surface area contributed by atoms with Crippen LogP contribution < -0.4 is 19.7 Å². The zero-order valence-corrected chi connectivity index (χ0v) is 17.3. The fraction of sp³-hybridized carbons (Fsp3) is 0.190. The first-order valence-electron chi connectivity index (χ1n) is 9.07. The summed E-state index contributed by atoms with van der Waals surface area (Å²) in [5.74, 6) is 0.865. The van der Waals surface area contributed by atoms with Crippen molar-refractivity contribution in [2.75, 3.05) is 18.1 Å². The number of fused-ring (bicyclic) bond motifs is 1. The van der Waals surface area contributed by atoms with Crippen LogP contribution >= 0.6 is 24.0 Å². The van der Waals surface area contributed by atoms with Crippen LogP contribution in [0.4, 0.5) is 10.5 Å². The third kappa shape index (κ3) is 4.44. The molecule has 2 amide bonds. The van der Waals surface area contributed by atoms with Crippen molar-refractivity contribution in [1.82, 2.24) is 5.32 Å². The highest BCUT2D eigenvalue weighted by molar-refractivity contribution is 8.26. The highest BCUT2D eigenvalue weighted by Crippen LogP contribution is 2.34. The molecule has 2 heterocycles. The molecule has 6 nitrogen and oxygen atoms in total. The first kappa shape index (κ1) is 19.5. The van der Waals surface area contributed by atoms with Crippen LogP contribution in [0.5, 0.6) is 11.5 Å². The number of aryl methyl sites for hydroxylation is 1. The van der Waals surface area contributed by atoms with Crippen LogP contribution in [-0.2, 0) is 4.79 Å². The minimum Gasteiger partial charge on any atom is -0.491 e. The number of hydrogen-bond donors (Lipinski definition) is 1. The first-order chi connectivity index (χ1) is 14.0. The minimum absolute atomic E-state index is 0.221. The van der Waals surface area contributed by atoms with Gasteiger partial charge < -0.3 is 14.8 Å². The first-order valence-corrected chi connectivity index (χ1v) is 10.3. The van der Waals surface area contributed by atoms with E-state index in [1.165, 1.54) is 11.8 Å². The SMILES string of the molecule is Cc1ccc(OC(=O)N2CCCOc3ccc(/C=C4/SC(=S)NC4=O)cc32)cc1. The van der Waals surface area contributed by atoms with E-state index < -0.39 is 6.09 Å². The zero-order chi connectivity index (χ0) is 20.4. The monoisotopic (exact) mass is 426 g/mol. The predicted octanol–water partition coefficient (Wildman–Crippen LogP) is 4.27. The van der Waals surface area contributed by atoms with Gasteiger partial charge in [-0.25, -0.2) is 4.79 Å². The molecule has 0 unspecified atom stereocenters. The average Bonchev–Trinajstić information content (AvgIpc) is 2.89. The number of carbonyl (C=O) groups is 2. The lowest BCUT2D eigenvalue weighted by molar-refractivity contribution is -0.115. The van der Waals surface area contributed by atoms with E-state index in [9.17, 15) is 9.59 Å². The molecule has 1 N–H and O–H groups in total. The maximum absolute atomic E-state index is 12.9. The maximum atomic E-state index is 12.9. The van der Waals surface area contributed by atoms with Gasteiger partial charge in [-0.3, -0.25) is 9.69 Å². The fourth-order valence-corrected chi connectivity index (χ4v) is 4.05. The van der Waals surface area contributed by atoms with E-state index in [1.54, 1.807) is 29.2 Å². The molecule has 0 bridgehead atoms. The lowest BCUT2D eigenvalue weighted by Gasteiger charge is -2.21. The van der Waals surface area contributed by atoms with E-state index in [0.717, 1.165) is 11.1 Å². The molecule has 2 aromatic carbocycles. The maximum Gasteiger partial charge on any atom is 0.419 e. The number of anilines is 1. The second-order valence-corrected chi connectivity index (χ2v) is 8.33. The molecule has 2 aromatic rings. The number of benzene rings is 2. The number of carbonyl (C=O) groups excluding carboxylic acids is 2. The quantitative estimate of drug-likeness (QED) is 0.571. The number of hydrogen-bond acceptors (Lipinski definition) is 6. The Hall–Kier alpha value is -2.84. The molecule has 0 radical (unpaired) electrons. The third-order valence-electron chi connectivity index (χ3n) is 4.44. The Morgan fingerprint density at radius 3 is 2.79 bits per heavy atom. The second-order valence-electron chi connectivity index (χ2n) is 6.61. The summed E-state index contributed by atoms with van der Waals surface area (Å²) in [7, 11) is 0. The van der Waals surface area contributed by atoms with Gasteiger partial charge in [-0.05, 0) is 49.2 Å². The molecule has 1 saturated heterocycles. The summed E-state index contributed by atoms with van der Waals surface area (Å²) < 4.78 is 11.8.